The molecule has 0 aliphatic heterocycles. The van der Waals surface area contributed by atoms with Gasteiger partial charge in [-0.3, -0.25) is 4.90 Å². The molecule has 0 aromatic carbocycles. The number of rotatable bonds is 6. The summed E-state index contributed by atoms with van der Waals surface area (Å²) in [6, 6.07) is 0.641. The Morgan fingerprint density at radius 1 is 1.22 bits per heavy atom. The molecular weight excluding hydrogens is 240 g/mol. The SMILES string of the molecule is CSCCC(C)N(C)C1(CN)CCC(C)(C)CC1. The monoisotopic (exact) mass is 272 g/mol. The number of hydrogen-bond donors (Lipinski definition) is 1. The van der Waals surface area contributed by atoms with Crippen molar-refractivity contribution in [2.24, 2.45) is 11.1 Å². The summed E-state index contributed by atoms with van der Waals surface area (Å²) in [7, 11) is 2.29. The van der Waals surface area contributed by atoms with Crippen LogP contribution in [-0.4, -0.2) is 42.1 Å². The van der Waals surface area contributed by atoms with Crippen LogP contribution in [0.2, 0.25) is 0 Å². The van der Waals surface area contributed by atoms with Crippen LogP contribution in [0, 0.1) is 5.41 Å². The zero-order chi connectivity index (χ0) is 13.8. The number of thioether (sulfide) groups is 1. The van der Waals surface area contributed by atoms with Crippen molar-refractivity contribution < 1.29 is 0 Å². The maximum atomic E-state index is 6.15. The van der Waals surface area contributed by atoms with E-state index in [0.717, 1.165) is 6.54 Å². The summed E-state index contributed by atoms with van der Waals surface area (Å²) in [5.74, 6) is 1.25. The van der Waals surface area contributed by atoms with Crippen molar-refractivity contribution in [1.29, 1.82) is 0 Å². The largest absolute Gasteiger partial charge is 0.329 e. The summed E-state index contributed by atoms with van der Waals surface area (Å²) >= 11 is 1.94. The summed E-state index contributed by atoms with van der Waals surface area (Å²) in [6.45, 7) is 7.95. The van der Waals surface area contributed by atoms with Gasteiger partial charge in [0, 0.05) is 18.1 Å². The van der Waals surface area contributed by atoms with Crippen molar-refractivity contribution in [3.05, 3.63) is 0 Å². The molecule has 0 spiro atoms. The predicted octanol–water partition coefficient (Wildman–Crippen LogP) is 3.36. The highest BCUT2D eigenvalue weighted by atomic mass is 32.2. The van der Waals surface area contributed by atoms with Crippen molar-refractivity contribution >= 4 is 11.8 Å². The fourth-order valence-electron chi connectivity index (χ4n) is 3.04. The van der Waals surface area contributed by atoms with E-state index in [4.69, 9.17) is 5.73 Å². The van der Waals surface area contributed by atoms with Crippen molar-refractivity contribution in [1.82, 2.24) is 4.90 Å². The molecule has 1 atom stereocenters. The zero-order valence-electron chi connectivity index (χ0n) is 13.0. The van der Waals surface area contributed by atoms with E-state index in [1.165, 1.54) is 37.9 Å². The van der Waals surface area contributed by atoms with Gasteiger partial charge in [-0.1, -0.05) is 13.8 Å². The minimum Gasteiger partial charge on any atom is -0.329 e. The van der Waals surface area contributed by atoms with E-state index < -0.39 is 0 Å². The lowest BCUT2D eigenvalue weighted by atomic mass is 9.68. The molecule has 3 heteroatoms. The molecule has 0 radical (unpaired) electrons. The minimum atomic E-state index is 0.257. The molecule has 0 aromatic heterocycles. The van der Waals surface area contributed by atoms with Crippen molar-refractivity contribution in [3.63, 3.8) is 0 Å². The zero-order valence-corrected chi connectivity index (χ0v) is 13.8. The van der Waals surface area contributed by atoms with Crippen LogP contribution in [-0.2, 0) is 0 Å². The topological polar surface area (TPSA) is 29.3 Å². The van der Waals surface area contributed by atoms with Crippen LogP contribution in [0.15, 0.2) is 0 Å². The van der Waals surface area contributed by atoms with Gasteiger partial charge in [0.05, 0.1) is 0 Å². The second-order valence-electron chi connectivity index (χ2n) is 6.83. The third-order valence-electron chi connectivity index (χ3n) is 5.06. The molecule has 18 heavy (non-hydrogen) atoms. The highest BCUT2D eigenvalue weighted by Crippen LogP contribution is 2.42. The quantitative estimate of drug-likeness (QED) is 0.804. The van der Waals surface area contributed by atoms with Gasteiger partial charge in [-0.15, -0.1) is 0 Å². The third kappa shape index (κ3) is 3.88. The van der Waals surface area contributed by atoms with E-state index in [-0.39, 0.29) is 5.54 Å². The second-order valence-corrected chi connectivity index (χ2v) is 7.82. The van der Waals surface area contributed by atoms with Gasteiger partial charge in [0.25, 0.3) is 0 Å². The van der Waals surface area contributed by atoms with Crippen molar-refractivity contribution in [2.75, 3.05) is 25.6 Å². The minimum absolute atomic E-state index is 0.257. The molecule has 2 N–H and O–H groups in total. The Morgan fingerprint density at radius 3 is 2.22 bits per heavy atom. The molecule has 1 saturated carbocycles. The summed E-state index contributed by atoms with van der Waals surface area (Å²) in [5.41, 5.74) is 6.92. The first kappa shape index (κ1) is 16.3. The Bertz CT molecular complexity index is 243. The van der Waals surface area contributed by atoms with Gasteiger partial charge in [0.15, 0.2) is 0 Å². The lowest BCUT2D eigenvalue weighted by molar-refractivity contribution is 0.0167. The molecular formula is C15H32N2S. The van der Waals surface area contributed by atoms with Gasteiger partial charge in [-0.25, -0.2) is 0 Å². The van der Waals surface area contributed by atoms with Crippen LogP contribution in [0.1, 0.15) is 52.9 Å². The Morgan fingerprint density at radius 2 is 1.78 bits per heavy atom. The Labute approximate surface area is 118 Å². The molecule has 0 heterocycles. The smallest absolute Gasteiger partial charge is 0.0331 e. The summed E-state index contributed by atoms with van der Waals surface area (Å²) in [5, 5.41) is 0. The molecule has 1 aliphatic rings. The standard InChI is InChI=1S/C15H32N2S/c1-13(6-11-18-5)17(4)15(12-16)9-7-14(2,3)8-10-15/h13H,6-12,16H2,1-5H3. The van der Waals surface area contributed by atoms with Crippen LogP contribution in [0.5, 0.6) is 0 Å². The van der Waals surface area contributed by atoms with E-state index in [9.17, 15) is 0 Å². The third-order valence-corrected chi connectivity index (χ3v) is 5.71. The van der Waals surface area contributed by atoms with Crippen LogP contribution in [0.4, 0.5) is 0 Å². The first-order valence-corrected chi connectivity index (χ1v) is 8.68. The number of nitrogens with zero attached hydrogens (tertiary/aromatic N) is 1. The molecule has 0 amide bonds. The van der Waals surface area contributed by atoms with Gasteiger partial charge in [0.2, 0.25) is 0 Å². The molecule has 0 saturated heterocycles. The van der Waals surface area contributed by atoms with Crippen molar-refractivity contribution in [3.8, 4) is 0 Å². The summed E-state index contributed by atoms with van der Waals surface area (Å²) in [4.78, 5) is 2.58. The highest BCUT2D eigenvalue weighted by Gasteiger charge is 2.41. The fourth-order valence-corrected chi connectivity index (χ4v) is 3.62. The first-order valence-electron chi connectivity index (χ1n) is 7.29. The average molecular weight is 273 g/mol. The van der Waals surface area contributed by atoms with Gasteiger partial charge < -0.3 is 5.73 Å². The van der Waals surface area contributed by atoms with Crippen LogP contribution in [0.25, 0.3) is 0 Å². The molecule has 108 valence electrons. The van der Waals surface area contributed by atoms with Gasteiger partial charge in [0.1, 0.15) is 0 Å². The van der Waals surface area contributed by atoms with E-state index in [1.807, 2.05) is 11.8 Å². The maximum absolute atomic E-state index is 6.15. The lowest BCUT2D eigenvalue weighted by Crippen LogP contribution is -2.57. The number of likely N-dealkylation sites (N-methyl/N-ethyl adjacent to an activating group) is 1. The van der Waals surface area contributed by atoms with Crippen LogP contribution < -0.4 is 5.73 Å². The number of hydrogen-bond acceptors (Lipinski definition) is 3. The second kappa shape index (κ2) is 6.62. The number of nitrogens with two attached hydrogens (primary N) is 1. The first-order chi connectivity index (χ1) is 8.37. The van der Waals surface area contributed by atoms with Crippen LogP contribution >= 0.6 is 11.8 Å². The van der Waals surface area contributed by atoms with Crippen molar-refractivity contribution in [2.45, 2.75) is 64.5 Å². The summed E-state index contributed by atoms with van der Waals surface area (Å²) in [6.07, 6.45) is 8.60. The van der Waals surface area contributed by atoms with Crippen LogP contribution in [0.3, 0.4) is 0 Å². The van der Waals surface area contributed by atoms with E-state index in [1.54, 1.807) is 0 Å². The molecule has 1 unspecified atom stereocenters. The van der Waals surface area contributed by atoms with E-state index >= 15 is 0 Å². The normalized spacial score (nSPS) is 24.2. The van der Waals surface area contributed by atoms with E-state index in [2.05, 4.69) is 39.0 Å². The molecule has 0 bridgehead atoms. The Kier molecular flexibility index (Phi) is 6.01. The van der Waals surface area contributed by atoms with E-state index in [0.29, 0.717) is 11.5 Å². The lowest BCUT2D eigenvalue weighted by Gasteiger charge is -2.50. The highest BCUT2D eigenvalue weighted by molar-refractivity contribution is 7.98. The molecule has 1 rings (SSSR count). The molecule has 2 nitrogen and oxygen atoms in total. The van der Waals surface area contributed by atoms with Gasteiger partial charge in [-0.05, 0) is 63.5 Å². The molecule has 0 aromatic rings. The Hall–Kier alpha value is 0.270. The van der Waals surface area contributed by atoms with Gasteiger partial charge >= 0.3 is 0 Å². The maximum Gasteiger partial charge on any atom is 0.0331 e. The Balaban J connectivity index is 2.64. The summed E-state index contributed by atoms with van der Waals surface area (Å²) < 4.78 is 0. The van der Waals surface area contributed by atoms with Gasteiger partial charge in [-0.2, -0.15) is 11.8 Å². The molecule has 1 fully saturated rings. The molecule has 1 aliphatic carbocycles. The average Bonchev–Trinajstić information content (AvgIpc) is 2.36. The fraction of sp³-hybridized carbons (Fsp3) is 1.00. The predicted molar refractivity (Wildman–Crippen MR) is 84.3 cm³/mol.